The zero-order valence-electron chi connectivity index (χ0n) is 6.88. The van der Waals surface area contributed by atoms with Crippen LogP contribution in [0.1, 0.15) is 27.7 Å². The van der Waals surface area contributed by atoms with Crippen molar-refractivity contribution in [3.63, 3.8) is 0 Å². The summed E-state index contributed by atoms with van der Waals surface area (Å²) < 4.78 is 20.9. The summed E-state index contributed by atoms with van der Waals surface area (Å²) in [5, 5.41) is 4.99. The first kappa shape index (κ1) is 9.91. The standard InChI is InChI=1S/C6H15NO2S/c1-5(2)6(3,4)10(7,8)9/h5H,1-4H3,(H2,7,8,9). The molecule has 0 heterocycles. The molecule has 0 bridgehead atoms. The molecule has 3 nitrogen and oxygen atoms in total. The summed E-state index contributed by atoms with van der Waals surface area (Å²) in [6.45, 7) is 6.94. The number of hydrogen-bond donors (Lipinski definition) is 1. The van der Waals surface area contributed by atoms with Crippen molar-refractivity contribution >= 4 is 10.0 Å². The van der Waals surface area contributed by atoms with Gasteiger partial charge in [-0.25, -0.2) is 13.6 Å². The normalized spacial score (nSPS) is 14.2. The van der Waals surface area contributed by atoms with Gasteiger partial charge in [-0.3, -0.25) is 0 Å². The molecule has 0 radical (unpaired) electrons. The second-order valence-corrected chi connectivity index (χ2v) is 5.45. The zero-order valence-corrected chi connectivity index (χ0v) is 7.70. The lowest BCUT2D eigenvalue weighted by molar-refractivity contribution is 0.455. The molecule has 0 aliphatic rings. The van der Waals surface area contributed by atoms with E-state index in [-0.39, 0.29) is 5.92 Å². The molecule has 0 aromatic carbocycles. The quantitative estimate of drug-likeness (QED) is 0.655. The molecule has 10 heavy (non-hydrogen) atoms. The highest BCUT2D eigenvalue weighted by Gasteiger charge is 2.34. The fourth-order valence-electron chi connectivity index (χ4n) is 0.329. The van der Waals surface area contributed by atoms with Crippen molar-refractivity contribution in [3.8, 4) is 0 Å². The van der Waals surface area contributed by atoms with Crippen LogP contribution >= 0.6 is 0 Å². The maximum absolute atomic E-state index is 10.9. The zero-order chi connectivity index (χ0) is 8.58. The average Bonchev–Trinajstić information content (AvgIpc) is 1.62. The molecule has 0 saturated carbocycles. The number of nitrogens with two attached hydrogens (primary N) is 1. The Balaban J connectivity index is 4.76. The van der Waals surface area contributed by atoms with E-state index in [2.05, 4.69) is 0 Å². The Hall–Kier alpha value is -0.0900. The molecule has 0 spiro atoms. The minimum Gasteiger partial charge on any atom is -0.228 e. The molecule has 0 fully saturated rings. The van der Waals surface area contributed by atoms with Gasteiger partial charge >= 0.3 is 0 Å². The van der Waals surface area contributed by atoms with Crippen molar-refractivity contribution in [2.24, 2.45) is 11.1 Å². The van der Waals surface area contributed by atoms with Crippen LogP contribution in [0.5, 0.6) is 0 Å². The first-order valence-corrected chi connectivity index (χ1v) is 4.76. The summed E-state index contributed by atoms with van der Waals surface area (Å²) in [5.41, 5.74) is 0. The van der Waals surface area contributed by atoms with Gasteiger partial charge in [0.25, 0.3) is 0 Å². The molecule has 0 aliphatic heterocycles. The molecule has 0 rings (SSSR count). The highest BCUT2D eigenvalue weighted by molar-refractivity contribution is 7.90. The first-order valence-electron chi connectivity index (χ1n) is 3.22. The molecule has 2 N–H and O–H groups in total. The van der Waals surface area contributed by atoms with E-state index in [4.69, 9.17) is 5.14 Å². The van der Waals surface area contributed by atoms with Crippen molar-refractivity contribution < 1.29 is 8.42 Å². The maximum Gasteiger partial charge on any atom is 0.214 e. The minimum absolute atomic E-state index is 0.0440. The summed E-state index contributed by atoms with van der Waals surface area (Å²) in [5.74, 6) is 0.0440. The van der Waals surface area contributed by atoms with E-state index in [1.54, 1.807) is 13.8 Å². The molecule has 4 heteroatoms. The van der Waals surface area contributed by atoms with Gasteiger partial charge in [-0.2, -0.15) is 0 Å². The lowest BCUT2D eigenvalue weighted by Crippen LogP contribution is -2.42. The van der Waals surface area contributed by atoms with Crippen molar-refractivity contribution in [2.45, 2.75) is 32.4 Å². The van der Waals surface area contributed by atoms with Crippen molar-refractivity contribution in [1.82, 2.24) is 0 Å². The van der Waals surface area contributed by atoms with Gasteiger partial charge in [0.1, 0.15) is 0 Å². The first-order chi connectivity index (χ1) is 4.19. The third kappa shape index (κ3) is 1.70. The van der Waals surface area contributed by atoms with Crippen molar-refractivity contribution in [3.05, 3.63) is 0 Å². The monoisotopic (exact) mass is 165 g/mol. The Kier molecular flexibility index (Phi) is 2.49. The van der Waals surface area contributed by atoms with Crippen LogP contribution in [0.3, 0.4) is 0 Å². The summed E-state index contributed by atoms with van der Waals surface area (Å²) in [4.78, 5) is 0. The van der Waals surface area contributed by atoms with Crippen LogP contribution in [0.25, 0.3) is 0 Å². The van der Waals surface area contributed by atoms with Gasteiger partial charge in [-0.1, -0.05) is 13.8 Å². The smallest absolute Gasteiger partial charge is 0.214 e. The highest BCUT2D eigenvalue weighted by Crippen LogP contribution is 2.22. The SMILES string of the molecule is CC(C)C(C)(C)S(N)(=O)=O. The molecule has 0 aliphatic carbocycles. The fourth-order valence-corrected chi connectivity index (χ4v) is 0.986. The lowest BCUT2D eigenvalue weighted by atomic mass is 10.00. The van der Waals surface area contributed by atoms with Crippen LogP contribution in [0.4, 0.5) is 0 Å². The fraction of sp³-hybridized carbons (Fsp3) is 1.00. The summed E-state index contributed by atoms with van der Waals surface area (Å²) in [6, 6.07) is 0. The van der Waals surface area contributed by atoms with E-state index in [0.717, 1.165) is 0 Å². The van der Waals surface area contributed by atoms with E-state index in [0.29, 0.717) is 0 Å². The van der Waals surface area contributed by atoms with Gasteiger partial charge in [-0.05, 0) is 19.8 Å². The third-order valence-electron chi connectivity index (χ3n) is 2.12. The Morgan fingerprint density at radius 1 is 1.30 bits per heavy atom. The van der Waals surface area contributed by atoms with Gasteiger partial charge in [-0.15, -0.1) is 0 Å². The molecule has 0 saturated heterocycles. The van der Waals surface area contributed by atoms with Crippen LogP contribution in [0.15, 0.2) is 0 Å². The van der Waals surface area contributed by atoms with Crippen LogP contribution in [-0.4, -0.2) is 13.2 Å². The Bertz CT molecular complexity index is 204. The minimum atomic E-state index is -3.40. The van der Waals surface area contributed by atoms with E-state index in [9.17, 15) is 8.42 Å². The summed E-state index contributed by atoms with van der Waals surface area (Å²) in [6.07, 6.45) is 0. The number of sulfonamides is 1. The van der Waals surface area contributed by atoms with E-state index < -0.39 is 14.8 Å². The topological polar surface area (TPSA) is 60.2 Å². The predicted molar refractivity (Wildman–Crippen MR) is 42.0 cm³/mol. The highest BCUT2D eigenvalue weighted by atomic mass is 32.2. The molecule has 62 valence electrons. The Morgan fingerprint density at radius 2 is 1.60 bits per heavy atom. The predicted octanol–water partition coefficient (Wildman–Crippen LogP) is 0.710. The Morgan fingerprint density at radius 3 is 1.60 bits per heavy atom. The molecule has 0 aromatic heterocycles. The van der Waals surface area contributed by atoms with Crippen LogP contribution in [0.2, 0.25) is 0 Å². The second-order valence-electron chi connectivity index (χ2n) is 3.30. The third-order valence-corrected chi connectivity index (χ3v) is 4.06. The van der Waals surface area contributed by atoms with Crippen LogP contribution in [0, 0.1) is 5.92 Å². The molecular formula is C6H15NO2S. The molecular weight excluding hydrogens is 150 g/mol. The van der Waals surface area contributed by atoms with Crippen molar-refractivity contribution in [2.75, 3.05) is 0 Å². The summed E-state index contributed by atoms with van der Waals surface area (Å²) in [7, 11) is -3.40. The van der Waals surface area contributed by atoms with Gasteiger partial charge in [0.05, 0.1) is 4.75 Å². The van der Waals surface area contributed by atoms with Gasteiger partial charge < -0.3 is 0 Å². The van der Waals surface area contributed by atoms with Gasteiger partial charge in [0.15, 0.2) is 0 Å². The van der Waals surface area contributed by atoms with E-state index in [1.807, 2.05) is 13.8 Å². The maximum atomic E-state index is 10.9. The number of rotatable bonds is 2. The average molecular weight is 165 g/mol. The van der Waals surface area contributed by atoms with Gasteiger partial charge in [0, 0.05) is 0 Å². The Labute approximate surface area is 62.7 Å². The largest absolute Gasteiger partial charge is 0.228 e. The number of primary sulfonamides is 1. The molecule has 0 unspecified atom stereocenters. The summed E-state index contributed by atoms with van der Waals surface area (Å²) >= 11 is 0. The number of hydrogen-bond acceptors (Lipinski definition) is 2. The van der Waals surface area contributed by atoms with Crippen LogP contribution in [-0.2, 0) is 10.0 Å². The lowest BCUT2D eigenvalue weighted by Gasteiger charge is -2.25. The molecule has 0 aromatic rings. The van der Waals surface area contributed by atoms with Crippen molar-refractivity contribution in [1.29, 1.82) is 0 Å². The molecule has 0 amide bonds. The second kappa shape index (κ2) is 2.51. The van der Waals surface area contributed by atoms with E-state index >= 15 is 0 Å². The molecule has 0 atom stereocenters. The van der Waals surface area contributed by atoms with E-state index in [1.165, 1.54) is 0 Å². The van der Waals surface area contributed by atoms with Crippen LogP contribution < -0.4 is 5.14 Å². The van der Waals surface area contributed by atoms with Gasteiger partial charge in [0.2, 0.25) is 10.0 Å².